The quantitative estimate of drug-likeness (QED) is 0.0423. The maximum absolute atomic E-state index is 12.7. The van der Waals surface area contributed by atoms with E-state index in [1.165, 1.54) is 13.0 Å². The van der Waals surface area contributed by atoms with E-state index in [4.69, 9.17) is 14.2 Å². The fraction of sp³-hybridized carbons (Fsp3) is 0.775. The van der Waals surface area contributed by atoms with Gasteiger partial charge in [0.05, 0.1) is 38.1 Å². The highest BCUT2D eigenvalue weighted by Gasteiger charge is 2.45. The van der Waals surface area contributed by atoms with E-state index in [-0.39, 0.29) is 17.4 Å². The Morgan fingerprint density at radius 3 is 1.69 bits per heavy atom. The molecule has 0 radical (unpaired) electrons. The minimum absolute atomic E-state index is 0.0644. The van der Waals surface area contributed by atoms with Crippen molar-refractivity contribution in [1.82, 2.24) is 0 Å². The van der Waals surface area contributed by atoms with Crippen molar-refractivity contribution in [3.63, 3.8) is 0 Å². The van der Waals surface area contributed by atoms with E-state index >= 15 is 0 Å². The summed E-state index contributed by atoms with van der Waals surface area (Å²) in [6.07, 6.45) is -5.62. The van der Waals surface area contributed by atoms with Gasteiger partial charge in [-0.1, -0.05) is 72.3 Å². The highest BCUT2D eigenvalue weighted by molar-refractivity contribution is 5.88. The van der Waals surface area contributed by atoms with E-state index in [2.05, 4.69) is 26.8 Å². The number of ether oxygens (including phenoxy) is 3. The number of aliphatic hydroxyl groups is 10. The van der Waals surface area contributed by atoms with Crippen LogP contribution in [-0.2, 0) is 19.0 Å². The van der Waals surface area contributed by atoms with Crippen LogP contribution in [0.4, 0.5) is 0 Å². The number of aliphatic hydroxyl groups excluding tert-OH is 10. The lowest BCUT2D eigenvalue weighted by molar-refractivity contribution is -0.310. The molecule has 0 aromatic heterocycles. The van der Waals surface area contributed by atoms with Crippen LogP contribution in [0, 0.1) is 29.6 Å². The van der Waals surface area contributed by atoms with E-state index < -0.39 is 105 Å². The molecule has 54 heavy (non-hydrogen) atoms. The molecule has 314 valence electrons. The first-order valence-electron chi connectivity index (χ1n) is 19.0. The third kappa shape index (κ3) is 14.8. The Morgan fingerprint density at radius 1 is 0.704 bits per heavy atom. The van der Waals surface area contributed by atoms with Gasteiger partial charge in [-0.15, -0.1) is 0 Å². The van der Waals surface area contributed by atoms with Crippen LogP contribution in [0.25, 0.3) is 0 Å². The smallest absolute Gasteiger partial charge is 0.333 e. The minimum atomic E-state index is -1.62. The van der Waals surface area contributed by atoms with Crippen LogP contribution >= 0.6 is 0 Å². The van der Waals surface area contributed by atoms with Gasteiger partial charge < -0.3 is 65.3 Å². The van der Waals surface area contributed by atoms with E-state index in [9.17, 15) is 55.9 Å². The lowest BCUT2D eigenvalue weighted by Crippen LogP contribution is -2.60. The number of rotatable bonds is 22. The molecule has 0 spiro atoms. The van der Waals surface area contributed by atoms with Gasteiger partial charge in [-0.25, -0.2) is 4.79 Å². The van der Waals surface area contributed by atoms with E-state index in [1.807, 2.05) is 19.9 Å². The van der Waals surface area contributed by atoms with Crippen molar-refractivity contribution in [1.29, 1.82) is 0 Å². The fourth-order valence-electron chi connectivity index (χ4n) is 6.81. The standard InChI is InChI=1S/C40H70O14/c1-11-20(2)12-21(3)13-26(8)37(54-40-36(50)35(49)34(48)31(19-43)52-40)27(9)15-24(6)32(46)22(4)14-23(5)33(47)25(7)16-28(10)39(51)53-38(29(44)17-41)30(45)18-42/h13-16,20-22,25,27,29-38,40-50H,11-12,17-19H2,1-10H3/t20?,21?,22?,25?,27?,29-,30-,31-,32?,33?,34-,35+,36+,37?,40+/m1/s1. The van der Waals surface area contributed by atoms with Crippen molar-refractivity contribution in [3.8, 4) is 0 Å². The SMILES string of the molecule is CCC(C)CC(C)C=C(C)C(O[C@@H]1O[C@H](CO)[C@@H](O)[C@H](O)[C@@H]1O)C(C)C=C(C)C(O)C(C)C=C(C)C(O)C(C)C=C(C)C(=O)OC([C@H](O)CO)[C@H](O)CO. The molecule has 0 aliphatic carbocycles. The van der Waals surface area contributed by atoms with Crippen molar-refractivity contribution in [2.75, 3.05) is 19.8 Å². The molecule has 0 aromatic carbocycles. The van der Waals surface area contributed by atoms with Crippen LogP contribution < -0.4 is 0 Å². The highest BCUT2D eigenvalue weighted by Crippen LogP contribution is 2.30. The summed E-state index contributed by atoms with van der Waals surface area (Å²) in [5.74, 6) is -1.67. The predicted molar refractivity (Wildman–Crippen MR) is 202 cm³/mol. The zero-order chi connectivity index (χ0) is 41.6. The van der Waals surface area contributed by atoms with E-state index in [0.717, 1.165) is 18.4 Å². The fourth-order valence-corrected chi connectivity index (χ4v) is 6.81. The Balaban J connectivity index is 3.25. The third-order valence-corrected chi connectivity index (χ3v) is 10.3. The molecule has 15 atom stereocenters. The Labute approximate surface area is 321 Å². The van der Waals surface area contributed by atoms with Crippen LogP contribution in [0.3, 0.4) is 0 Å². The lowest BCUT2D eigenvalue weighted by Gasteiger charge is -2.41. The summed E-state index contributed by atoms with van der Waals surface area (Å²) in [7, 11) is 0. The normalized spacial score (nSPS) is 27.8. The summed E-state index contributed by atoms with van der Waals surface area (Å²) in [6, 6.07) is 0. The average Bonchev–Trinajstić information content (AvgIpc) is 3.13. The molecule has 1 rings (SSSR count). The van der Waals surface area contributed by atoms with Gasteiger partial charge in [-0.05, 0) is 62.7 Å². The zero-order valence-electron chi connectivity index (χ0n) is 33.7. The number of allylic oxidation sites excluding steroid dienone is 1. The van der Waals surface area contributed by atoms with Crippen molar-refractivity contribution >= 4 is 5.97 Å². The largest absolute Gasteiger partial charge is 0.453 e. The number of esters is 1. The number of carbonyl (C=O) groups is 1. The van der Waals surface area contributed by atoms with Crippen LogP contribution in [0.1, 0.15) is 82.1 Å². The van der Waals surface area contributed by atoms with Gasteiger partial charge in [0.25, 0.3) is 0 Å². The van der Waals surface area contributed by atoms with Gasteiger partial charge in [0.1, 0.15) is 36.6 Å². The molecule has 14 nitrogen and oxygen atoms in total. The zero-order valence-corrected chi connectivity index (χ0v) is 33.7. The predicted octanol–water partition coefficient (Wildman–Crippen LogP) is 1.28. The highest BCUT2D eigenvalue weighted by atomic mass is 16.7. The Morgan fingerprint density at radius 2 is 1.20 bits per heavy atom. The maximum atomic E-state index is 12.7. The monoisotopic (exact) mass is 774 g/mol. The lowest BCUT2D eigenvalue weighted by atomic mass is 9.87. The van der Waals surface area contributed by atoms with Gasteiger partial charge in [0.15, 0.2) is 12.4 Å². The molecule has 0 aromatic rings. The van der Waals surface area contributed by atoms with Crippen molar-refractivity contribution in [3.05, 3.63) is 46.6 Å². The molecule has 14 heteroatoms. The molecule has 0 amide bonds. The molecule has 0 bridgehead atoms. The Bertz CT molecular complexity index is 1240. The van der Waals surface area contributed by atoms with Gasteiger partial charge >= 0.3 is 5.97 Å². The topological polar surface area (TPSA) is 247 Å². The molecule has 1 fully saturated rings. The third-order valence-electron chi connectivity index (χ3n) is 10.3. The number of hydrogen-bond donors (Lipinski definition) is 10. The van der Waals surface area contributed by atoms with Crippen LogP contribution in [0.2, 0.25) is 0 Å². The second kappa shape index (κ2) is 23.9. The number of carbonyl (C=O) groups excluding carboxylic acids is 1. The molecule has 1 aliphatic heterocycles. The van der Waals surface area contributed by atoms with Gasteiger partial charge in [-0.2, -0.15) is 0 Å². The van der Waals surface area contributed by atoms with Gasteiger partial charge in [0.2, 0.25) is 0 Å². The van der Waals surface area contributed by atoms with Crippen molar-refractivity contribution in [2.24, 2.45) is 29.6 Å². The van der Waals surface area contributed by atoms with E-state index in [0.29, 0.717) is 17.1 Å². The second-order valence-electron chi connectivity index (χ2n) is 15.4. The summed E-state index contributed by atoms with van der Waals surface area (Å²) >= 11 is 0. The first-order valence-corrected chi connectivity index (χ1v) is 19.0. The molecule has 1 heterocycles. The molecule has 1 saturated heterocycles. The molecule has 10 N–H and O–H groups in total. The van der Waals surface area contributed by atoms with Crippen molar-refractivity contribution < 1.29 is 70.1 Å². The summed E-state index contributed by atoms with van der Waals surface area (Å²) < 4.78 is 17.1. The first kappa shape index (κ1) is 50.0. The van der Waals surface area contributed by atoms with Crippen LogP contribution in [0.15, 0.2) is 46.6 Å². The molecular formula is C40H70O14. The summed E-state index contributed by atoms with van der Waals surface area (Å²) in [4.78, 5) is 12.7. The Hall–Kier alpha value is -2.05. The van der Waals surface area contributed by atoms with Gasteiger partial charge in [0, 0.05) is 23.3 Å². The second-order valence-corrected chi connectivity index (χ2v) is 15.4. The molecule has 1 aliphatic rings. The summed E-state index contributed by atoms with van der Waals surface area (Å²) in [5, 5.41) is 102. The minimum Gasteiger partial charge on any atom is -0.453 e. The molecular weight excluding hydrogens is 704 g/mol. The summed E-state index contributed by atoms with van der Waals surface area (Å²) in [6.45, 7) is 16.3. The average molecular weight is 775 g/mol. The van der Waals surface area contributed by atoms with Crippen molar-refractivity contribution in [2.45, 2.75) is 149 Å². The Kier molecular flexibility index (Phi) is 22.1. The molecule has 8 unspecified atom stereocenters. The van der Waals surface area contributed by atoms with Gasteiger partial charge in [-0.3, -0.25) is 0 Å². The summed E-state index contributed by atoms with van der Waals surface area (Å²) in [5.41, 5.74) is 2.03. The van der Waals surface area contributed by atoms with Crippen LogP contribution in [0.5, 0.6) is 0 Å². The van der Waals surface area contributed by atoms with E-state index in [1.54, 1.807) is 33.8 Å². The first-order chi connectivity index (χ1) is 25.1. The number of hydrogen-bond acceptors (Lipinski definition) is 14. The maximum Gasteiger partial charge on any atom is 0.333 e. The molecule has 0 saturated carbocycles. The van der Waals surface area contributed by atoms with Crippen LogP contribution in [-0.4, -0.2) is 144 Å².